The van der Waals surface area contributed by atoms with Crippen LogP contribution in [0.15, 0.2) is 51.7 Å². The lowest BCUT2D eigenvalue weighted by Crippen LogP contribution is -1.84. The van der Waals surface area contributed by atoms with Gasteiger partial charge in [-0.3, -0.25) is 0 Å². The predicted octanol–water partition coefficient (Wildman–Crippen LogP) is 5.65. The molecule has 6 heteroatoms. The zero-order valence-corrected chi connectivity index (χ0v) is 15.2. The first-order valence-corrected chi connectivity index (χ1v) is 9.68. The summed E-state index contributed by atoms with van der Waals surface area (Å²) in [5.41, 5.74) is 2.97. The fraction of sp³-hybridized carbons (Fsp3) is 0.105. The molecule has 4 rings (SSSR count). The van der Waals surface area contributed by atoms with Crippen molar-refractivity contribution in [1.82, 2.24) is 15.1 Å². The summed E-state index contributed by atoms with van der Waals surface area (Å²) in [6.45, 7) is 2.11. The summed E-state index contributed by atoms with van der Waals surface area (Å²) in [7, 11) is 0. The van der Waals surface area contributed by atoms with Crippen LogP contribution < -0.4 is 0 Å². The molecule has 1 aromatic carbocycles. The molecule has 3 heterocycles. The maximum Gasteiger partial charge on any atom is 0.250 e. The second kappa shape index (κ2) is 7.13. The Balaban J connectivity index is 1.59. The minimum Gasteiger partial charge on any atom is -0.334 e. The second-order valence-corrected chi connectivity index (χ2v) is 7.29. The third-order valence-corrected chi connectivity index (χ3v) is 5.48. The molecule has 0 saturated heterocycles. The van der Waals surface area contributed by atoms with Crippen molar-refractivity contribution in [2.45, 2.75) is 13.3 Å². The van der Waals surface area contributed by atoms with Crippen molar-refractivity contribution in [3.63, 3.8) is 0 Å². The van der Waals surface area contributed by atoms with Gasteiger partial charge in [0, 0.05) is 27.5 Å². The van der Waals surface area contributed by atoms with Crippen LogP contribution in [-0.2, 0) is 6.42 Å². The van der Waals surface area contributed by atoms with Gasteiger partial charge < -0.3 is 4.52 Å². The topological polar surface area (TPSA) is 51.8 Å². The van der Waals surface area contributed by atoms with Crippen molar-refractivity contribution in [3.8, 4) is 22.6 Å². The Kier molecular flexibility index (Phi) is 4.54. The van der Waals surface area contributed by atoms with Gasteiger partial charge in [0.25, 0.3) is 5.89 Å². The van der Waals surface area contributed by atoms with Crippen molar-refractivity contribution in [3.05, 3.63) is 62.9 Å². The van der Waals surface area contributed by atoms with E-state index in [9.17, 15) is 0 Å². The van der Waals surface area contributed by atoms with Crippen LogP contribution in [0.5, 0.6) is 0 Å². The summed E-state index contributed by atoms with van der Waals surface area (Å²) in [5.74, 6) is 1.08. The molecule has 3 aromatic heterocycles. The van der Waals surface area contributed by atoms with Gasteiger partial charge in [-0.25, -0.2) is 4.98 Å². The summed E-state index contributed by atoms with van der Waals surface area (Å²) in [6.07, 6.45) is 4.76. The number of benzene rings is 1. The van der Waals surface area contributed by atoms with Crippen molar-refractivity contribution in [1.29, 1.82) is 0 Å². The Hall–Kier alpha value is -2.57. The summed E-state index contributed by atoms with van der Waals surface area (Å²) in [6, 6.07) is 12.1. The van der Waals surface area contributed by atoms with E-state index in [0.29, 0.717) is 11.7 Å². The normalized spacial score (nSPS) is 11.4. The molecular weight excluding hydrogens is 350 g/mol. The molecule has 0 bridgehead atoms. The molecule has 4 aromatic rings. The van der Waals surface area contributed by atoms with Gasteiger partial charge in [-0.1, -0.05) is 36.3 Å². The van der Waals surface area contributed by atoms with Crippen LogP contribution in [0.4, 0.5) is 0 Å². The number of hydrogen-bond donors (Lipinski definition) is 0. The largest absolute Gasteiger partial charge is 0.334 e. The number of aromatic nitrogens is 3. The van der Waals surface area contributed by atoms with E-state index < -0.39 is 0 Å². The number of aryl methyl sites for hydroxylation is 1. The Morgan fingerprint density at radius 1 is 1.04 bits per heavy atom. The number of hydrogen-bond acceptors (Lipinski definition) is 6. The van der Waals surface area contributed by atoms with Gasteiger partial charge in [-0.05, 0) is 30.0 Å². The van der Waals surface area contributed by atoms with Gasteiger partial charge in [0.05, 0.1) is 10.7 Å². The maximum atomic E-state index is 5.33. The molecule has 4 nitrogen and oxygen atoms in total. The van der Waals surface area contributed by atoms with E-state index in [4.69, 9.17) is 4.52 Å². The third kappa shape index (κ3) is 3.60. The van der Waals surface area contributed by atoms with Crippen molar-refractivity contribution in [2.75, 3.05) is 0 Å². The molecule has 0 fully saturated rings. The summed E-state index contributed by atoms with van der Waals surface area (Å²) in [4.78, 5) is 10.2. The lowest BCUT2D eigenvalue weighted by atomic mass is 10.1. The zero-order chi connectivity index (χ0) is 17.1. The molecule has 0 amide bonds. The molecule has 0 radical (unpaired) electrons. The van der Waals surface area contributed by atoms with Crippen LogP contribution in [0.25, 0.3) is 34.8 Å². The monoisotopic (exact) mass is 365 g/mol. The van der Waals surface area contributed by atoms with E-state index in [-0.39, 0.29) is 0 Å². The molecule has 0 aliphatic rings. The average molecular weight is 365 g/mol. The van der Waals surface area contributed by atoms with E-state index in [1.54, 1.807) is 22.7 Å². The molecule has 0 N–H and O–H groups in total. The van der Waals surface area contributed by atoms with E-state index in [1.807, 2.05) is 47.9 Å². The average Bonchev–Trinajstić information content (AvgIpc) is 3.41. The zero-order valence-electron chi connectivity index (χ0n) is 13.5. The van der Waals surface area contributed by atoms with Gasteiger partial charge in [0.15, 0.2) is 0 Å². The van der Waals surface area contributed by atoms with Crippen LogP contribution in [-0.4, -0.2) is 15.1 Å². The van der Waals surface area contributed by atoms with E-state index in [1.165, 1.54) is 0 Å². The SMILES string of the molecule is CCc1nc(-c2cccc(-c3noc(/C=C/c4cccs4)n3)c2)cs1. The first kappa shape index (κ1) is 15.9. The van der Waals surface area contributed by atoms with Crippen LogP contribution in [0, 0.1) is 0 Å². The Labute approximate surface area is 153 Å². The maximum absolute atomic E-state index is 5.33. The fourth-order valence-electron chi connectivity index (χ4n) is 2.38. The highest BCUT2D eigenvalue weighted by Gasteiger charge is 2.09. The van der Waals surface area contributed by atoms with Gasteiger partial charge in [0.2, 0.25) is 5.82 Å². The highest BCUT2D eigenvalue weighted by molar-refractivity contribution is 7.11. The lowest BCUT2D eigenvalue weighted by Gasteiger charge is -1.99. The first-order valence-electron chi connectivity index (χ1n) is 7.92. The van der Waals surface area contributed by atoms with Gasteiger partial charge in [0.1, 0.15) is 0 Å². The lowest BCUT2D eigenvalue weighted by molar-refractivity contribution is 0.411. The molecule has 0 unspecified atom stereocenters. The number of thiazole rings is 1. The van der Waals surface area contributed by atoms with E-state index in [0.717, 1.165) is 33.1 Å². The number of rotatable bonds is 5. The van der Waals surface area contributed by atoms with Crippen molar-refractivity contribution < 1.29 is 4.52 Å². The highest BCUT2D eigenvalue weighted by atomic mass is 32.1. The van der Waals surface area contributed by atoms with Crippen LogP contribution in [0.2, 0.25) is 0 Å². The molecule has 124 valence electrons. The van der Waals surface area contributed by atoms with Crippen molar-refractivity contribution in [2.24, 2.45) is 0 Å². The third-order valence-electron chi connectivity index (χ3n) is 3.65. The molecule has 0 spiro atoms. The second-order valence-electron chi connectivity index (χ2n) is 5.37. The summed E-state index contributed by atoms with van der Waals surface area (Å²) < 4.78 is 5.33. The Bertz CT molecular complexity index is 999. The predicted molar refractivity (Wildman–Crippen MR) is 103 cm³/mol. The molecular formula is C19H15N3OS2. The smallest absolute Gasteiger partial charge is 0.250 e. The number of thiophene rings is 1. The van der Waals surface area contributed by atoms with Crippen LogP contribution in [0.3, 0.4) is 0 Å². The quantitative estimate of drug-likeness (QED) is 0.458. The minimum atomic E-state index is 0.496. The van der Waals surface area contributed by atoms with Gasteiger partial charge in [-0.15, -0.1) is 22.7 Å². The molecule has 0 aliphatic carbocycles. The molecule has 0 aliphatic heterocycles. The molecule has 0 atom stereocenters. The highest BCUT2D eigenvalue weighted by Crippen LogP contribution is 2.26. The van der Waals surface area contributed by atoms with Gasteiger partial charge >= 0.3 is 0 Å². The summed E-state index contributed by atoms with van der Waals surface area (Å²) >= 11 is 3.35. The van der Waals surface area contributed by atoms with E-state index >= 15 is 0 Å². The van der Waals surface area contributed by atoms with Crippen LogP contribution in [0.1, 0.15) is 22.7 Å². The minimum absolute atomic E-state index is 0.496. The summed E-state index contributed by atoms with van der Waals surface area (Å²) in [5, 5.41) is 9.35. The van der Waals surface area contributed by atoms with Crippen LogP contribution >= 0.6 is 22.7 Å². The van der Waals surface area contributed by atoms with E-state index in [2.05, 4.69) is 33.5 Å². The molecule has 25 heavy (non-hydrogen) atoms. The van der Waals surface area contributed by atoms with Crippen molar-refractivity contribution >= 4 is 34.8 Å². The fourth-order valence-corrected chi connectivity index (χ4v) is 3.76. The first-order chi connectivity index (χ1) is 12.3. The standard InChI is InChI=1S/C19H15N3OS2/c1-2-18-20-16(12-25-18)13-5-3-6-14(11-13)19-21-17(23-22-19)9-8-15-7-4-10-24-15/h3-12H,2H2,1H3/b9-8+. The van der Waals surface area contributed by atoms with Gasteiger partial charge in [-0.2, -0.15) is 4.98 Å². The number of nitrogens with zero attached hydrogens (tertiary/aromatic N) is 3. The molecule has 0 saturated carbocycles. The Morgan fingerprint density at radius 3 is 2.76 bits per heavy atom. The Morgan fingerprint density at radius 2 is 1.96 bits per heavy atom.